The molecule has 47 heavy (non-hydrogen) atoms. The summed E-state index contributed by atoms with van der Waals surface area (Å²) in [6.07, 6.45) is 1.96. The molecule has 0 spiro atoms. The largest absolute Gasteiger partial charge is 0.420 e. The van der Waals surface area contributed by atoms with Crippen molar-refractivity contribution in [2.45, 2.75) is 25.4 Å². The molecule has 1 saturated heterocycles. The van der Waals surface area contributed by atoms with Crippen molar-refractivity contribution in [1.29, 1.82) is 0 Å². The first-order valence-electron chi connectivity index (χ1n) is 15.6. The molecule has 0 unspecified atom stereocenters. The first-order valence-corrected chi connectivity index (χ1v) is 15.6. The van der Waals surface area contributed by atoms with Gasteiger partial charge in [-0.15, -0.1) is 0 Å². The van der Waals surface area contributed by atoms with Crippen LogP contribution in [0.1, 0.15) is 19.3 Å². The third-order valence-corrected chi connectivity index (χ3v) is 6.31. The zero-order valence-electron chi connectivity index (χ0n) is 26.5. The molecule has 0 aliphatic carbocycles. The van der Waals surface area contributed by atoms with E-state index in [9.17, 15) is 26.7 Å². The molecule has 17 heteroatoms. The van der Waals surface area contributed by atoms with E-state index < -0.39 is 47.2 Å². The first kappa shape index (κ1) is 41.1. The lowest BCUT2D eigenvalue weighted by molar-refractivity contribution is -0.136. The van der Waals surface area contributed by atoms with Gasteiger partial charge < -0.3 is 52.7 Å². The number of benzene rings is 1. The number of carbonyl (C=O) groups excluding carboxylic acids is 1. The van der Waals surface area contributed by atoms with Crippen molar-refractivity contribution < 1.29 is 74.1 Å². The quantitative estimate of drug-likeness (QED) is 0.0332. The Morgan fingerprint density at radius 2 is 0.809 bits per heavy atom. The number of esters is 1. The van der Waals surface area contributed by atoms with E-state index in [1.165, 1.54) is 0 Å². The molecule has 0 amide bonds. The van der Waals surface area contributed by atoms with Crippen LogP contribution in [0, 0.1) is 29.1 Å². The molecule has 1 N–H and O–H groups in total. The average Bonchev–Trinajstić information content (AvgIpc) is 3.08. The summed E-state index contributed by atoms with van der Waals surface area (Å²) < 4.78 is 119. The molecule has 0 aromatic heterocycles. The minimum atomic E-state index is -2.35. The van der Waals surface area contributed by atoms with Crippen LogP contribution in [0.4, 0.5) is 22.0 Å². The van der Waals surface area contributed by atoms with Crippen molar-refractivity contribution in [2.24, 2.45) is 0 Å². The summed E-state index contributed by atoms with van der Waals surface area (Å²) in [4.78, 5) is 11.6. The number of halogens is 5. The van der Waals surface area contributed by atoms with Crippen molar-refractivity contribution in [1.82, 2.24) is 5.32 Å². The van der Waals surface area contributed by atoms with Gasteiger partial charge in [-0.1, -0.05) is 0 Å². The van der Waals surface area contributed by atoms with Gasteiger partial charge in [0.05, 0.1) is 125 Å². The van der Waals surface area contributed by atoms with Gasteiger partial charge in [0.2, 0.25) is 34.8 Å². The van der Waals surface area contributed by atoms with Crippen LogP contribution in [0.2, 0.25) is 0 Å². The standard InChI is InChI=1S/C30H46F5NO11/c31-25-26(32)28(34)30(29(35)27(25)33)47-24(37)3-6-38-7-8-39-9-10-40-11-12-41-13-14-42-15-16-43-17-18-44-19-20-45-21-22-46-23-1-4-36-5-2-23/h23,36H,1-22H2. The fourth-order valence-electron chi connectivity index (χ4n) is 3.87. The number of ether oxygens (including phenoxy) is 10. The lowest BCUT2D eigenvalue weighted by atomic mass is 10.1. The van der Waals surface area contributed by atoms with Gasteiger partial charge in [-0.3, -0.25) is 4.79 Å². The Hall–Kier alpha value is -2.06. The molecule has 12 nitrogen and oxygen atoms in total. The van der Waals surface area contributed by atoms with Crippen LogP contribution in [0.25, 0.3) is 0 Å². The molecule has 1 aromatic rings. The lowest BCUT2D eigenvalue weighted by Gasteiger charge is -2.22. The predicted octanol–water partition coefficient (Wildman–Crippen LogP) is 2.58. The van der Waals surface area contributed by atoms with Crippen molar-refractivity contribution in [2.75, 3.05) is 125 Å². The highest BCUT2D eigenvalue weighted by molar-refractivity contribution is 5.72. The smallest absolute Gasteiger partial charge is 0.313 e. The Balaban J connectivity index is 1.23. The van der Waals surface area contributed by atoms with Crippen LogP contribution in [-0.2, 0) is 47.4 Å². The molecule has 272 valence electrons. The molecule has 0 radical (unpaired) electrons. The van der Waals surface area contributed by atoms with E-state index in [1.807, 2.05) is 0 Å². The summed E-state index contributed by atoms with van der Waals surface area (Å²) in [5.74, 6) is -14.1. The number of carbonyl (C=O) groups is 1. The molecule has 1 aliphatic rings. The molecule has 1 heterocycles. The lowest BCUT2D eigenvalue weighted by Crippen LogP contribution is -2.33. The second kappa shape index (κ2) is 26.8. The highest BCUT2D eigenvalue weighted by atomic mass is 19.2. The summed E-state index contributed by atoms with van der Waals surface area (Å²) >= 11 is 0. The van der Waals surface area contributed by atoms with Crippen LogP contribution >= 0.6 is 0 Å². The second-order valence-corrected chi connectivity index (χ2v) is 9.84. The van der Waals surface area contributed by atoms with Gasteiger partial charge >= 0.3 is 5.97 Å². The van der Waals surface area contributed by atoms with Gasteiger partial charge in [0, 0.05) is 0 Å². The van der Waals surface area contributed by atoms with Gasteiger partial charge in [-0.2, -0.15) is 8.78 Å². The molecule has 1 fully saturated rings. The third kappa shape index (κ3) is 18.9. The van der Waals surface area contributed by atoms with Crippen molar-refractivity contribution >= 4 is 5.97 Å². The Morgan fingerprint density at radius 1 is 0.489 bits per heavy atom. The van der Waals surface area contributed by atoms with Gasteiger partial charge in [-0.05, 0) is 25.9 Å². The maximum absolute atomic E-state index is 13.5. The highest BCUT2D eigenvalue weighted by Crippen LogP contribution is 2.29. The zero-order valence-corrected chi connectivity index (χ0v) is 26.5. The minimum absolute atomic E-state index is 0.0860. The first-order chi connectivity index (χ1) is 22.9. The number of hydrogen-bond acceptors (Lipinski definition) is 12. The van der Waals surface area contributed by atoms with Crippen molar-refractivity contribution in [3.8, 4) is 5.75 Å². The van der Waals surface area contributed by atoms with Crippen LogP contribution < -0.4 is 10.1 Å². The Kier molecular flexibility index (Phi) is 23.5. The van der Waals surface area contributed by atoms with Gasteiger partial charge in [0.1, 0.15) is 0 Å². The van der Waals surface area contributed by atoms with Crippen LogP contribution in [0.5, 0.6) is 5.75 Å². The third-order valence-electron chi connectivity index (χ3n) is 6.31. The Labute approximate surface area is 271 Å². The summed E-state index contributed by atoms with van der Waals surface area (Å²) in [5.41, 5.74) is 0. The molecule has 0 saturated carbocycles. The van der Waals surface area contributed by atoms with Gasteiger partial charge in [0.25, 0.3) is 0 Å². The predicted molar refractivity (Wildman–Crippen MR) is 155 cm³/mol. The summed E-state index contributed by atoms with van der Waals surface area (Å²) in [7, 11) is 0. The van der Waals surface area contributed by atoms with E-state index in [0.717, 1.165) is 25.9 Å². The maximum atomic E-state index is 13.5. The summed E-state index contributed by atoms with van der Waals surface area (Å²) in [6.45, 7) is 8.33. The fourth-order valence-corrected chi connectivity index (χ4v) is 3.87. The zero-order chi connectivity index (χ0) is 34.0. The number of hydrogen-bond donors (Lipinski definition) is 1. The molecule has 1 aromatic carbocycles. The molecule has 2 rings (SSSR count). The summed E-state index contributed by atoms with van der Waals surface area (Å²) in [6, 6.07) is 0. The maximum Gasteiger partial charge on any atom is 0.313 e. The number of nitrogens with one attached hydrogen (secondary N) is 1. The second-order valence-electron chi connectivity index (χ2n) is 9.84. The van der Waals surface area contributed by atoms with E-state index in [2.05, 4.69) is 10.1 Å². The van der Waals surface area contributed by atoms with E-state index in [4.69, 9.17) is 42.6 Å². The topological polar surface area (TPSA) is 121 Å². The molecule has 1 aliphatic heterocycles. The Bertz CT molecular complexity index is 948. The average molecular weight is 692 g/mol. The fraction of sp³-hybridized carbons (Fsp3) is 0.767. The normalized spacial score (nSPS) is 13.8. The minimum Gasteiger partial charge on any atom is -0.420 e. The molecular weight excluding hydrogens is 645 g/mol. The summed E-state index contributed by atoms with van der Waals surface area (Å²) in [5, 5.41) is 3.31. The van der Waals surface area contributed by atoms with E-state index in [1.54, 1.807) is 0 Å². The van der Waals surface area contributed by atoms with Gasteiger partial charge in [0.15, 0.2) is 0 Å². The monoisotopic (exact) mass is 691 g/mol. The molecule has 0 bridgehead atoms. The molecule has 0 atom stereocenters. The highest BCUT2D eigenvalue weighted by Gasteiger charge is 2.28. The number of piperidine rings is 1. The van der Waals surface area contributed by atoms with Crippen molar-refractivity contribution in [3.63, 3.8) is 0 Å². The van der Waals surface area contributed by atoms with E-state index in [-0.39, 0.29) is 26.4 Å². The SMILES string of the molecule is O=C(CCOCCOCCOCCOCCOCCOCCOCCOCCOC1CCNCC1)Oc1c(F)c(F)c(F)c(F)c1F. The number of rotatable bonds is 29. The van der Waals surface area contributed by atoms with Gasteiger partial charge in [-0.25, -0.2) is 13.2 Å². The Morgan fingerprint density at radius 3 is 1.19 bits per heavy atom. The van der Waals surface area contributed by atoms with E-state index >= 15 is 0 Å². The van der Waals surface area contributed by atoms with Crippen molar-refractivity contribution in [3.05, 3.63) is 29.1 Å². The molecular formula is C30H46F5NO11. The van der Waals surface area contributed by atoms with Crippen LogP contribution in [0.3, 0.4) is 0 Å². The van der Waals surface area contributed by atoms with E-state index in [0.29, 0.717) is 92.0 Å². The van der Waals surface area contributed by atoms with Crippen LogP contribution in [-0.4, -0.2) is 137 Å². The van der Waals surface area contributed by atoms with Crippen LogP contribution in [0.15, 0.2) is 0 Å².